The fourth-order valence-corrected chi connectivity index (χ4v) is 3.98. The van der Waals surface area contributed by atoms with Crippen molar-refractivity contribution in [2.24, 2.45) is 11.8 Å². The van der Waals surface area contributed by atoms with Crippen LogP contribution in [-0.2, 0) is 23.9 Å². The SMILES string of the molecule is Cc1ccc(NC(=O)NC(=O)COC(=O)CN2C(=O)[C@H]3CCCC[C@H]3C2=O)c(C)c1. The minimum Gasteiger partial charge on any atom is -0.454 e. The highest BCUT2D eigenvalue weighted by molar-refractivity contribution is 6.07. The van der Waals surface area contributed by atoms with Crippen molar-refractivity contribution in [3.8, 4) is 0 Å². The maximum atomic E-state index is 12.4. The summed E-state index contributed by atoms with van der Waals surface area (Å²) in [6.45, 7) is 2.53. The van der Waals surface area contributed by atoms with Gasteiger partial charge in [-0.15, -0.1) is 0 Å². The first-order chi connectivity index (χ1) is 14.3. The number of rotatable bonds is 5. The van der Waals surface area contributed by atoms with Crippen LogP contribution in [-0.4, -0.2) is 47.8 Å². The van der Waals surface area contributed by atoms with Gasteiger partial charge in [-0.2, -0.15) is 0 Å². The largest absolute Gasteiger partial charge is 0.454 e. The van der Waals surface area contributed by atoms with E-state index in [1.54, 1.807) is 6.07 Å². The van der Waals surface area contributed by atoms with E-state index in [1.165, 1.54) is 0 Å². The highest BCUT2D eigenvalue weighted by atomic mass is 16.5. The van der Waals surface area contributed by atoms with Crippen molar-refractivity contribution in [1.82, 2.24) is 10.2 Å². The molecule has 1 heterocycles. The lowest BCUT2D eigenvalue weighted by Crippen LogP contribution is -2.40. The number of carbonyl (C=O) groups is 5. The number of benzene rings is 1. The normalized spacial score (nSPS) is 20.5. The molecule has 1 aliphatic carbocycles. The molecule has 1 aromatic rings. The molecule has 9 heteroatoms. The summed E-state index contributed by atoms with van der Waals surface area (Å²) in [5.74, 6) is -3.09. The number of likely N-dealkylation sites (tertiary alicyclic amines) is 1. The number of imide groups is 2. The number of esters is 1. The van der Waals surface area contributed by atoms with Gasteiger partial charge in [-0.05, 0) is 38.3 Å². The molecule has 2 N–H and O–H groups in total. The Morgan fingerprint density at radius 2 is 1.70 bits per heavy atom. The lowest BCUT2D eigenvalue weighted by molar-refractivity contribution is -0.154. The highest BCUT2D eigenvalue weighted by Gasteiger charge is 2.48. The number of nitrogens with zero attached hydrogens (tertiary/aromatic N) is 1. The van der Waals surface area contributed by atoms with Crippen LogP contribution in [0.25, 0.3) is 0 Å². The van der Waals surface area contributed by atoms with Crippen LogP contribution in [0.3, 0.4) is 0 Å². The van der Waals surface area contributed by atoms with Crippen molar-refractivity contribution in [2.45, 2.75) is 39.5 Å². The molecular weight excluding hydrogens is 390 g/mol. The molecular formula is C21H25N3O6. The quantitative estimate of drug-likeness (QED) is 0.557. The van der Waals surface area contributed by atoms with Gasteiger partial charge in [0.1, 0.15) is 6.54 Å². The van der Waals surface area contributed by atoms with Gasteiger partial charge in [0.15, 0.2) is 6.61 Å². The standard InChI is InChI=1S/C21H25N3O6/c1-12-7-8-16(13(2)9-12)22-21(29)23-17(25)11-30-18(26)10-24-19(27)14-5-3-4-6-15(14)20(24)28/h7-9,14-15H,3-6,10-11H2,1-2H3,(H2,22,23,25,29)/t14-,15+. The summed E-state index contributed by atoms with van der Waals surface area (Å²) >= 11 is 0. The van der Waals surface area contributed by atoms with Crippen molar-refractivity contribution in [1.29, 1.82) is 0 Å². The Morgan fingerprint density at radius 1 is 1.07 bits per heavy atom. The van der Waals surface area contributed by atoms with Gasteiger partial charge in [-0.25, -0.2) is 4.79 Å². The Hall–Kier alpha value is -3.23. The second-order valence-corrected chi connectivity index (χ2v) is 7.74. The molecule has 0 bridgehead atoms. The summed E-state index contributed by atoms with van der Waals surface area (Å²) in [7, 11) is 0. The number of hydrogen-bond acceptors (Lipinski definition) is 6. The average molecular weight is 415 g/mol. The number of anilines is 1. The minimum atomic E-state index is -0.875. The molecule has 1 saturated heterocycles. The lowest BCUT2D eigenvalue weighted by Gasteiger charge is -2.19. The number of carbonyl (C=O) groups excluding carboxylic acids is 5. The van der Waals surface area contributed by atoms with Gasteiger partial charge in [0.05, 0.1) is 11.8 Å². The van der Waals surface area contributed by atoms with Crippen LogP contribution < -0.4 is 10.6 Å². The van der Waals surface area contributed by atoms with Crippen molar-refractivity contribution in [3.63, 3.8) is 0 Å². The minimum absolute atomic E-state index is 0.348. The monoisotopic (exact) mass is 415 g/mol. The third-order valence-corrected chi connectivity index (χ3v) is 5.47. The van der Waals surface area contributed by atoms with Gasteiger partial charge in [-0.1, -0.05) is 30.5 Å². The van der Waals surface area contributed by atoms with Gasteiger partial charge in [-0.3, -0.25) is 29.4 Å². The molecule has 5 amide bonds. The van der Waals surface area contributed by atoms with Crippen LogP contribution in [0, 0.1) is 25.7 Å². The van der Waals surface area contributed by atoms with Crippen LogP contribution in [0.2, 0.25) is 0 Å². The molecule has 0 radical (unpaired) electrons. The highest BCUT2D eigenvalue weighted by Crippen LogP contribution is 2.37. The third kappa shape index (κ3) is 4.84. The molecule has 0 aromatic heterocycles. The van der Waals surface area contributed by atoms with Gasteiger partial charge >= 0.3 is 12.0 Å². The van der Waals surface area contributed by atoms with Crippen LogP contribution in [0.5, 0.6) is 0 Å². The van der Waals surface area contributed by atoms with Crippen LogP contribution in [0.4, 0.5) is 10.5 Å². The van der Waals surface area contributed by atoms with E-state index in [0.29, 0.717) is 18.5 Å². The molecule has 1 aliphatic heterocycles. The predicted octanol–water partition coefficient (Wildman–Crippen LogP) is 1.67. The number of ether oxygens (including phenoxy) is 1. The van der Waals surface area contributed by atoms with Crippen molar-refractivity contribution in [3.05, 3.63) is 29.3 Å². The Kier molecular flexibility index (Phi) is 6.49. The summed E-state index contributed by atoms with van der Waals surface area (Å²) in [4.78, 5) is 61.4. The van der Waals surface area contributed by atoms with E-state index < -0.39 is 31.1 Å². The van der Waals surface area contributed by atoms with E-state index in [-0.39, 0.29) is 23.7 Å². The van der Waals surface area contributed by atoms with E-state index in [0.717, 1.165) is 28.9 Å². The Balaban J connectivity index is 1.44. The van der Waals surface area contributed by atoms with Crippen LogP contribution in [0.1, 0.15) is 36.8 Å². The second-order valence-electron chi connectivity index (χ2n) is 7.74. The van der Waals surface area contributed by atoms with E-state index in [9.17, 15) is 24.0 Å². The Bertz CT molecular complexity index is 873. The Labute approximate surface area is 174 Å². The maximum absolute atomic E-state index is 12.4. The van der Waals surface area contributed by atoms with Crippen molar-refractivity contribution in [2.75, 3.05) is 18.5 Å². The molecule has 2 atom stereocenters. The molecule has 0 unspecified atom stereocenters. The van der Waals surface area contributed by atoms with Gasteiger partial charge in [0.2, 0.25) is 11.8 Å². The molecule has 160 valence electrons. The molecule has 2 fully saturated rings. The maximum Gasteiger partial charge on any atom is 0.326 e. The molecule has 0 spiro atoms. The molecule has 2 aliphatic rings. The fourth-order valence-electron chi connectivity index (χ4n) is 3.98. The lowest BCUT2D eigenvalue weighted by atomic mass is 9.81. The summed E-state index contributed by atoms with van der Waals surface area (Å²) in [6.07, 6.45) is 3.09. The number of amides is 5. The number of hydrogen-bond donors (Lipinski definition) is 2. The van der Waals surface area contributed by atoms with E-state index in [2.05, 4.69) is 10.6 Å². The number of aryl methyl sites for hydroxylation is 2. The molecule has 3 rings (SSSR count). The predicted molar refractivity (Wildman–Crippen MR) is 106 cm³/mol. The van der Waals surface area contributed by atoms with Crippen LogP contribution in [0.15, 0.2) is 18.2 Å². The van der Waals surface area contributed by atoms with Crippen molar-refractivity contribution >= 4 is 35.4 Å². The van der Waals surface area contributed by atoms with E-state index in [4.69, 9.17) is 4.74 Å². The third-order valence-electron chi connectivity index (χ3n) is 5.47. The smallest absolute Gasteiger partial charge is 0.326 e. The molecule has 1 saturated carbocycles. The fraction of sp³-hybridized carbons (Fsp3) is 0.476. The first kappa shape index (κ1) is 21.5. The zero-order chi connectivity index (χ0) is 21.8. The average Bonchev–Trinajstić information content (AvgIpc) is 2.94. The molecule has 9 nitrogen and oxygen atoms in total. The molecule has 30 heavy (non-hydrogen) atoms. The first-order valence-electron chi connectivity index (χ1n) is 9.95. The Morgan fingerprint density at radius 3 is 2.30 bits per heavy atom. The van der Waals surface area contributed by atoms with Gasteiger partial charge in [0, 0.05) is 5.69 Å². The summed E-state index contributed by atoms with van der Waals surface area (Å²) in [5.41, 5.74) is 2.43. The van der Waals surface area contributed by atoms with Gasteiger partial charge < -0.3 is 10.1 Å². The van der Waals surface area contributed by atoms with E-state index >= 15 is 0 Å². The number of urea groups is 1. The zero-order valence-corrected chi connectivity index (χ0v) is 17.0. The summed E-state index contributed by atoms with van der Waals surface area (Å²) in [5, 5.41) is 4.61. The number of fused-ring (bicyclic) bond motifs is 1. The molecule has 1 aromatic carbocycles. The topological polar surface area (TPSA) is 122 Å². The first-order valence-corrected chi connectivity index (χ1v) is 9.95. The second kappa shape index (κ2) is 9.06. The number of nitrogens with one attached hydrogen (secondary N) is 2. The van der Waals surface area contributed by atoms with E-state index in [1.807, 2.05) is 26.0 Å². The summed E-state index contributed by atoms with van der Waals surface area (Å²) in [6, 6.07) is 4.67. The van der Waals surface area contributed by atoms with Crippen molar-refractivity contribution < 1.29 is 28.7 Å². The summed E-state index contributed by atoms with van der Waals surface area (Å²) < 4.78 is 4.83. The van der Waals surface area contributed by atoms with Gasteiger partial charge in [0.25, 0.3) is 5.91 Å². The van der Waals surface area contributed by atoms with Crippen LogP contribution >= 0.6 is 0 Å². The zero-order valence-electron chi connectivity index (χ0n) is 17.0.